The molecule has 2 bridgehead atoms. The molecule has 166 valence electrons. The zero-order chi connectivity index (χ0) is 22.5. The molecule has 2 unspecified atom stereocenters. The van der Waals surface area contributed by atoms with Crippen molar-refractivity contribution in [3.05, 3.63) is 59.3 Å². The Balaban J connectivity index is 1.24. The molecule has 1 amide bonds. The molecule has 3 atom stereocenters. The van der Waals surface area contributed by atoms with Gasteiger partial charge in [0.05, 0.1) is 17.2 Å². The monoisotopic (exact) mass is 438 g/mol. The number of amides is 1. The number of nitriles is 1. The average molecular weight is 438 g/mol. The van der Waals surface area contributed by atoms with Crippen LogP contribution < -0.4 is 4.90 Å². The molecule has 1 aliphatic carbocycles. The number of ether oxygens (including phenoxy) is 1. The second-order valence-electron chi connectivity index (χ2n) is 9.07. The normalized spacial score (nSPS) is 25.5. The summed E-state index contributed by atoms with van der Waals surface area (Å²) < 4.78 is 32.9. The van der Waals surface area contributed by atoms with Gasteiger partial charge in [0, 0.05) is 25.3 Å². The molecule has 3 fully saturated rings. The number of piperazine rings is 1. The van der Waals surface area contributed by atoms with Gasteiger partial charge in [0.15, 0.2) is 11.6 Å². The van der Waals surface area contributed by atoms with Crippen molar-refractivity contribution in [1.29, 1.82) is 5.26 Å². The number of anilines is 1. The van der Waals surface area contributed by atoms with Crippen LogP contribution in [0.15, 0.2) is 36.5 Å². The second kappa shape index (κ2) is 7.82. The van der Waals surface area contributed by atoms with E-state index in [1.807, 2.05) is 11.0 Å². The van der Waals surface area contributed by atoms with Gasteiger partial charge in [0.25, 0.3) is 0 Å². The summed E-state index contributed by atoms with van der Waals surface area (Å²) >= 11 is 0. The molecule has 2 aliphatic heterocycles. The van der Waals surface area contributed by atoms with Gasteiger partial charge in [0.2, 0.25) is 5.91 Å². The minimum Gasteiger partial charge on any atom is -0.360 e. The molecule has 1 aromatic carbocycles. The highest BCUT2D eigenvalue weighted by Gasteiger charge is 2.48. The third-order valence-corrected chi connectivity index (χ3v) is 7.01. The highest BCUT2D eigenvalue weighted by molar-refractivity contribution is 5.78. The molecular formula is C24H24F2N4O2. The second-order valence-corrected chi connectivity index (χ2v) is 9.07. The van der Waals surface area contributed by atoms with Gasteiger partial charge in [-0.3, -0.25) is 4.79 Å². The van der Waals surface area contributed by atoms with E-state index in [9.17, 15) is 13.6 Å². The van der Waals surface area contributed by atoms with Crippen LogP contribution in [0.3, 0.4) is 0 Å². The Bertz CT molecular complexity index is 1080. The van der Waals surface area contributed by atoms with Crippen LogP contribution in [0.4, 0.5) is 14.6 Å². The Hall–Kier alpha value is -3.05. The van der Waals surface area contributed by atoms with Gasteiger partial charge in [-0.25, -0.2) is 13.8 Å². The number of rotatable bonds is 5. The molecular weight excluding hydrogens is 414 g/mol. The number of hydrogen-bond acceptors (Lipinski definition) is 5. The first-order valence-electron chi connectivity index (χ1n) is 10.9. The van der Waals surface area contributed by atoms with Crippen LogP contribution in [0.25, 0.3) is 0 Å². The summed E-state index contributed by atoms with van der Waals surface area (Å²) in [5.74, 6) is -0.632. The van der Waals surface area contributed by atoms with Crippen molar-refractivity contribution in [3.63, 3.8) is 0 Å². The lowest BCUT2D eigenvalue weighted by molar-refractivity contribution is -0.140. The Morgan fingerprint density at radius 3 is 2.69 bits per heavy atom. The van der Waals surface area contributed by atoms with E-state index in [1.165, 1.54) is 6.07 Å². The molecule has 3 aliphatic rings. The van der Waals surface area contributed by atoms with Gasteiger partial charge < -0.3 is 14.5 Å². The molecule has 1 aromatic heterocycles. The van der Waals surface area contributed by atoms with Gasteiger partial charge >= 0.3 is 0 Å². The van der Waals surface area contributed by atoms with E-state index >= 15 is 0 Å². The van der Waals surface area contributed by atoms with Crippen molar-refractivity contribution in [2.75, 3.05) is 24.6 Å². The third kappa shape index (κ3) is 3.61. The molecule has 0 radical (unpaired) electrons. The SMILES string of the molecule is C[C@H]1CC2CN(C(=O)COC3(c4ccc(F)c(F)c4)CC3)CC1N2c1ccc(C#N)cn1. The number of aromatic nitrogens is 1. The number of likely N-dealkylation sites (tertiary alicyclic amines) is 1. The minimum atomic E-state index is -0.901. The van der Waals surface area contributed by atoms with E-state index in [2.05, 4.69) is 22.9 Å². The van der Waals surface area contributed by atoms with Crippen LogP contribution in [0.2, 0.25) is 0 Å². The van der Waals surface area contributed by atoms with Gasteiger partial charge in [0.1, 0.15) is 18.5 Å². The predicted octanol–water partition coefficient (Wildman–Crippen LogP) is 3.36. The Morgan fingerprint density at radius 1 is 1.25 bits per heavy atom. The maximum Gasteiger partial charge on any atom is 0.248 e. The van der Waals surface area contributed by atoms with Crippen molar-refractivity contribution in [2.45, 2.75) is 43.9 Å². The van der Waals surface area contributed by atoms with Gasteiger partial charge in [-0.1, -0.05) is 13.0 Å². The van der Waals surface area contributed by atoms with Crippen LogP contribution in [0, 0.1) is 28.9 Å². The summed E-state index contributed by atoms with van der Waals surface area (Å²) in [6.45, 7) is 3.28. The molecule has 0 N–H and O–H groups in total. The van der Waals surface area contributed by atoms with E-state index in [-0.39, 0.29) is 24.6 Å². The largest absolute Gasteiger partial charge is 0.360 e. The minimum absolute atomic E-state index is 0.0814. The van der Waals surface area contributed by atoms with Crippen LogP contribution >= 0.6 is 0 Å². The molecule has 2 saturated heterocycles. The van der Waals surface area contributed by atoms with Gasteiger partial charge in [-0.2, -0.15) is 5.26 Å². The fourth-order valence-corrected chi connectivity index (χ4v) is 5.10. The van der Waals surface area contributed by atoms with Crippen LogP contribution in [0.5, 0.6) is 0 Å². The van der Waals surface area contributed by atoms with Crippen LogP contribution in [-0.2, 0) is 15.1 Å². The molecule has 32 heavy (non-hydrogen) atoms. The molecule has 8 heteroatoms. The van der Waals surface area contributed by atoms with E-state index < -0.39 is 17.2 Å². The number of hydrogen-bond donors (Lipinski definition) is 0. The third-order valence-electron chi connectivity index (χ3n) is 7.01. The Kier molecular flexibility index (Phi) is 5.09. The highest BCUT2D eigenvalue weighted by Crippen LogP contribution is 2.49. The number of carbonyl (C=O) groups is 1. The van der Waals surface area contributed by atoms with Crippen molar-refractivity contribution >= 4 is 11.7 Å². The lowest BCUT2D eigenvalue weighted by atomic mass is 10.0. The summed E-state index contributed by atoms with van der Waals surface area (Å²) in [6, 6.07) is 9.84. The summed E-state index contributed by atoms with van der Waals surface area (Å²) in [7, 11) is 0. The van der Waals surface area contributed by atoms with Crippen LogP contribution in [-0.4, -0.2) is 47.6 Å². The first-order chi connectivity index (χ1) is 15.4. The van der Waals surface area contributed by atoms with E-state index in [0.29, 0.717) is 43.0 Å². The number of halogens is 2. The predicted molar refractivity (Wildman–Crippen MR) is 113 cm³/mol. The molecule has 5 rings (SSSR count). The molecule has 3 heterocycles. The van der Waals surface area contributed by atoms with Gasteiger partial charge in [-0.15, -0.1) is 0 Å². The van der Waals surface area contributed by atoms with Crippen molar-refractivity contribution in [2.24, 2.45) is 5.92 Å². The maximum absolute atomic E-state index is 13.6. The van der Waals surface area contributed by atoms with E-state index in [4.69, 9.17) is 10.00 Å². The first-order valence-corrected chi connectivity index (χ1v) is 10.9. The summed E-state index contributed by atoms with van der Waals surface area (Å²) in [6.07, 6.45) is 3.92. The van der Waals surface area contributed by atoms with Crippen molar-refractivity contribution in [3.8, 4) is 6.07 Å². The standard InChI is InChI=1S/C24H24F2N4O2/c1-15-8-18-12-29(13-21(15)30(18)22-5-2-16(10-27)11-28-22)23(31)14-32-24(6-7-24)17-3-4-19(25)20(26)9-17/h2-5,9,11,15,18,21H,6-8,12-14H2,1H3/t15-,18?,21?/m0/s1. The molecule has 2 aromatic rings. The van der Waals surface area contributed by atoms with Crippen LogP contribution in [0.1, 0.15) is 37.3 Å². The smallest absolute Gasteiger partial charge is 0.248 e. The average Bonchev–Trinajstić information content (AvgIpc) is 3.56. The Labute approximate surface area is 185 Å². The number of fused-ring (bicyclic) bond motifs is 2. The van der Waals surface area contributed by atoms with E-state index in [0.717, 1.165) is 24.4 Å². The number of pyridine rings is 1. The van der Waals surface area contributed by atoms with Gasteiger partial charge in [-0.05, 0) is 55.0 Å². The number of carbonyl (C=O) groups excluding carboxylic acids is 1. The van der Waals surface area contributed by atoms with Crippen molar-refractivity contribution < 1.29 is 18.3 Å². The topological polar surface area (TPSA) is 69.5 Å². The fourth-order valence-electron chi connectivity index (χ4n) is 5.10. The highest BCUT2D eigenvalue weighted by atomic mass is 19.2. The van der Waals surface area contributed by atoms with E-state index in [1.54, 1.807) is 12.3 Å². The zero-order valence-corrected chi connectivity index (χ0v) is 17.8. The molecule has 0 spiro atoms. The summed E-state index contributed by atoms with van der Waals surface area (Å²) in [5.41, 5.74) is 0.412. The zero-order valence-electron chi connectivity index (χ0n) is 17.8. The Morgan fingerprint density at radius 2 is 2.06 bits per heavy atom. The van der Waals surface area contributed by atoms with Crippen molar-refractivity contribution in [1.82, 2.24) is 9.88 Å². The quantitative estimate of drug-likeness (QED) is 0.716. The number of nitrogens with zero attached hydrogens (tertiary/aromatic N) is 4. The first kappa shape index (κ1) is 20.8. The summed E-state index contributed by atoms with van der Waals surface area (Å²) in [5, 5.41) is 9.01. The fraction of sp³-hybridized carbons (Fsp3) is 0.458. The lowest BCUT2D eigenvalue weighted by Crippen LogP contribution is -2.57. The summed E-state index contributed by atoms with van der Waals surface area (Å²) in [4.78, 5) is 21.6. The molecule has 6 nitrogen and oxygen atoms in total. The molecule has 1 saturated carbocycles. The maximum atomic E-state index is 13.6. The lowest BCUT2D eigenvalue weighted by Gasteiger charge is -2.42. The number of benzene rings is 1.